The number of anilines is 1. The van der Waals surface area contributed by atoms with Crippen LogP contribution in [0.25, 0.3) is 0 Å². The van der Waals surface area contributed by atoms with Crippen LogP contribution in [0.3, 0.4) is 0 Å². The molecule has 6 nitrogen and oxygen atoms in total. The average Bonchev–Trinajstić information content (AvgIpc) is 2.67. The lowest BCUT2D eigenvalue weighted by Gasteiger charge is -2.27. The van der Waals surface area contributed by atoms with E-state index in [9.17, 15) is 4.79 Å². The van der Waals surface area contributed by atoms with Crippen LogP contribution in [0.4, 0.5) is 5.69 Å². The summed E-state index contributed by atoms with van der Waals surface area (Å²) in [6.07, 6.45) is -1.09. The smallest absolute Gasteiger partial charge is 0.253 e. The van der Waals surface area contributed by atoms with Gasteiger partial charge in [-0.15, -0.1) is 0 Å². The number of benzene rings is 2. The Morgan fingerprint density at radius 2 is 1.64 bits per heavy atom. The second-order valence-electron chi connectivity index (χ2n) is 5.51. The molecule has 1 atom stereocenters. The van der Waals surface area contributed by atoms with Crippen molar-refractivity contribution in [1.82, 2.24) is 10.6 Å². The Morgan fingerprint density at radius 1 is 1.00 bits per heavy atom. The molecule has 0 heterocycles. The topological polar surface area (TPSA) is 71.6 Å². The third kappa shape index (κ3) is 6.60. The van der Waals surface area contributed by atoms with E-state index in [1.54, 1.807) is 55.6 Å². The third-order valence-corrected chi connectivity index (χ3v) is 4.43. The molecular weight excluding hydrogens is 445 g/mol. The van der Waals surface area contributed by atoms with Crippen LogP contribution in [0.15, 0.2) is 48.5 Å². The third-order valence-electron chi connectivity index (χ3n) is 3.56. The van der Waals surface area contributed by atoms with Crippen LogP contribution in [0.1, 0.15) is 10.4 Å². The Kier molecular flexibility index (Phi) is 8.00. The van der Waals surface area contributed by atoms with Crippen molar-refractivity contribution in [3.05, 3.63) is 54.1 Å². The highest BCUT2D eigenvalue weighted by molar-refractivity contribution is 7.80. The van der Waals surface area contributed by atoms with Crippen LogP contribution in [0.2, 0.25) is 0 Å². The van der Waals surface area contributed by atoms with Gasteiger partial charge in [0, 0.05) is 11.3 Å². The van der Waals surface area contributed by atoms with Gasteiger partial charge in [0.1, 0.15) is 17.7 Å². The summed E-state index contributed by atoms with van der Waals surface area (Å²) in [6, 6.07) is 13.7. The van der Waals surface area contributed by atoms with Crippen molar-refractivity contribution in [1.29, 1.82) is 0 Å². The van der Waals surface area contributed by atoms with E-state index < -0.39 is 15.9 Å². The van der Waals surface area contributed by atoms with E-state index in [0.717, 1.165) is 0 Å². The van der Waals surface area contributed by atoms with Gasteiger partial charge in [0.25, 0.3) is 5.91 Å². The van der Waals surface area contributed by atoms with Gasteiger partial charge in [0.05, 0.1) is 14.2 Å². The molecule has 0 spiro atoms. The standard InChI is InChI=1S/C18H18Cl3N3O3S/c1-26-13-8-6-12(7-9-13)22-17(28)24-16(18(19,20)21)23-15(25)11-4-3-5-14(10-11)27-2/h3-10,16H,1-2H3,(H,23,25)(H2,22,24,28)/t16-/m0/s1. The van der Waals surface area contributed by atoms with Gasteiger partial charge < -0.3 is 25.4 Å². The number of hydrogen-bond donors (Lipinski definition) is 3. The van der Waals surface area contributed by atoms with E-state index in [2.05, 4.69) is 16.0 Å². The highest BCUT2D eigenvalue weighted by Crippen LogP contribution is 2.29. The van der Waals surface area contributed by atoms with Gasteiger partial charge in [-0.3, -0.25) is 4.79 Å². The Morgan fingerprint density at radius 3 is 2.21 bits per heavy atom. The molecule has 28 heavy (non-hydrogen) atoms. The summed E-state index contributed by atoms with van der Waals surface area (Å²) in [5, 5.41) is 8.51. The van der Waals surface area contributed by atoms with Gasteiger partial charge in [0.15, 0.2) is 5.11 Å². The number of ether oxygens (including phenoxy) is 2. The molecule has 3 N–H and O–H groups in total. The van der Waals surface area contributed by atoms with Gasteiger partial charge in [-0.2, -0.15) is 0 Å². The molecule has 0 fully saturated rings. The largest absolute Gasteiger partial charge is 0.497 e. The number of alkyl halides is 3. The number of thiocarbonyl (C=S) groups is 1. The number of carbonyl (C=O) groups excluding carboxylic acids is 1. The normalized spacial score (nSPS) is 11.9. The minimum absolute atomic E-state index is 0.160. The molecular formula is C18H18Cl3N3O3S. The number of carbonyl (C=O) groups is 1. The average molecular weight is 463 g/mol. The van der Waals surface area contributed by atoms with Crippen molar-refractivity contribution < 1.29 is 14.3 Å². The van der Waals surface area contributed by atoms with Gasteiger partial charge in [-0.05, 0) is 54.7 Å². The van der Waals surface area contributed by atoms with Gasteiger partial charge in [0.2, 0.25) is 3.79 Å². The molecule has 0 aromatic heterocycles. The quantitative estimate of drug-likeness (QED) is 0.341. The van der Waals surface area contributed by atoms with Gasteiger partial charge in [-0.25, -0.2) is 0 Å². The summed E-state index contributed by atoms with van der Waals surface area (Å²) in [6.45, 7) is 0. The predicted molar refractivity (Wildman–Crippen MR) is 117 cm³/mol. The first-order valence-electron chi connectivity index (χ1n) is 7.96. The van der Waals surface area contributed by atoms with Crippen LogP contribution >= 0.6 is 47.0 Å². The molecule has 0 aliphatic heterocycles. The van der Waals surface area contributed by atoms with E-state index in [0.29, 0.717) is 22.7 Å². The van der Waals surface area contributed by atoms with Crippen molar-refractivity contribution in [3.8, 4) is 11.5 Å². The second-order valence-corrected chi connectivity index (χ2v) is 8.28. The van der Waals surface area contributed by atoms with E-state index >= 15 is 0 Å². The van der Waals surface area contributed by atoms with Crippen molar-refractivity contribution >= 4 is 63.7 Å². The molecule has 0 unspecified atom stereocenters. The molecule has 0 radical (unpaired) electrons. The molecule has 0 saturated carbocycles. The lowest BCUT2D eigenvalue weighted by Crippen LogP contribution is -2.56. The number of methoxy groups -OCH3 is 2. The minimum Gasteiger partial charge on any atom is -0.497 e. The van der Waals surface area contributed by atoms with E-state index in [4.69, 9.17) is 56.5 Å². The van der Waals surface area contributed by atoms with Crippen molar-refractivity contribution in [2.24, 2.45) is 0 Å². The number of rotatable bonds is 6. The number of amides is 1. The number of hydrogen-bond acceptors (Lipinski definition) is 4. The molecule has 0 bridgehead atoms. The Hall–Kier alpha value is -1.93. The number of halogens is 3. The first kappa shape index (κ1) is 22.4. The highest BCUT2D eigenvalue weighted by Gasteiger charge is 2.35. The van der Waals surface area contributed by atoms with Crippen molar-refractivity contribution in [3.63, 3.8) is 0 Å². The Bertz CT molecular complexity index is 829. The maximum atomic E-state index is 12.5. The first-order valence-corrected chi connectivity index (χ1v) is 9.50. The highest BCUT2D eigenvalue weighted by atomic mass is 35.6. The van der Waals surface area contributed by atoms with Gasteiger partial charge in [-0.1, -0.05) is 40.9 Å². The van der Waals surface area contributed by atoms with Crippen molar-refractivity contribution in [2.45, 2.75) is 9.96 Å². The fraction of sp³-hybridized carbons (Fsp3) is 0.222. The van der Waals surface area contributed by atoms with Crippen LogP contribution in [-0.4, -0.2) is 35.2 Å². The summed E-state index contributed by atoms with van der Waals surface area (Å²) < 4.78 is 8.35. The number of nitrogens with one attached hydrogen (secondary N) is 3. The zero-order valence-electron chi connectivity index (χ0n) is 15.0. The fourth-order valence-electron chi connectivity index (χ4n) is 2.15. The summed E-state index contributed by atoms with van der Waals surface area (Å²) in [7, 11) is 3.08. The van der Waals surface area contributed by atoms with E-state index in [1.807, 2.05) is 0 Å². The first-order chi connectivity index (χ1) is 13.2. The minimum atomic E-state index is -1.86. The zero-order valence-corrected chi connectivity index (χ0v) is 18.0. The zero-order chi connectivity index (χ0) is 20.7. The molecule has 0 aliphatic rings. The molecule has 2 aromatic carbocycles. The molecule has 0 aliphatic carbocycles. The van der Waals surface area contributed by atoms with Crippen molar-refractivity contribution in [2.75, 3.05) is 19.5 Å². The fourth-order valence-corrected chi connectivity index (χ4v) is 2.71. The summed E-state index contributed by atoms with van der Waals surface area (Å²) in [5.74, 6) is 0.770. The van der Waals surface area contributed by atoms with Crippen LogP contribution in [0.5, 0.6) is 11.5 Å². The molecule has 10 heteroatoms. The second kappa shape index (κ2) is 10.0. The summed E-state index contributed by atoms with van der Waals surface area (Å²) >= 11 is 23.3. The lowest BCUT2D eigenvalue weighted by atomic mass is 10.2. The van der Waals surface area contributed by atoms with E-state index in [-0.39, 0.29) is 5.11 Å². The van der Waals surface area contributed by atoms with Crippen LogP contribution in [0, 0.1) is 0 Å². The summed E-state index contributed by atoms with van der Waals surface area (Å²) in [4.78, 5) is 12.5. The molecule has 150 valence electrons. The summed E-state index contributed by atoms with van der Waals surface area (Å²) in [5.41, 5.74) is 1.04. The maximum absolute atomic E-state index is 12.5. The molecule has 2 rings (SSSR count). The molecule has 1 amide bonds. The monoisotopic (exact) mass is 461 g/mol. The Labute approximate surface area is 183 Å². The van der Waals surface area contributed by atoms with E-state index in [1.165, 1.54) is 7.11 Å². The Balaban J connectivity index is 2.06. The maximum Gasteiger partial charge on any atom is 0.253 e. The molecule has 0 saturated heterocycles. The lowest BCUT2D eigenvalue weighted by molar-refractivity contribution is 0.0934. The van der Waals surface area contributed by atoms with Crippen LogP contribution in [-0.2, 0) is 0 Å². The molecule has 2 aromatic rings. The SMILES string of the molecule is COc1ccc(NC(=S)N[C@H](NC(=O)c2cccc(OC)c2)C(Cl)(Cl)Cl)cc1. The van der Waals surface area contributed by atoms with Gasteiger partial charge >= 0.3 is 0 Å². The van der Waals surface area contributed by atoms with Crippen LogP contribution < -0.4 is 25.4 Å². The predicted octanol–water partition coefficient (Wildman–Crippen LogP) is 4.12.